The zero-order valence-electron chi connectivity index (χ0n) is 12.0. The Labute approximate surface area is 119 Å². The van der Waals surface area contributed by atoms with Gasteiger partial charge >= 0.3 is 0 Å². The lowest BCUT2D eigenvalue weighted by Crippen LogP contribution is -2.30. The van der Waals surface area contributed by atoms with E-state index in [2.05, 4.69) is 16.9 Å². The molecule has 0 radical (unpaired) electrons. The summed E-state index contributed by atoms with van der Waals surface area (Å²) in [6.45, 7) is 3.45. The summed E-state index contributed by atoms with van der Waals surface area (Å²) in [4.78, 5) is 22.0. The van der Waals surface area contributed by atoms with Crippen molar-refractivity contribution in [1.82, 2.24) is 14.9 Å². The van der Waals surface area contributed by atoms with Gasteiger partial charge in [0.1, 0.15) is 6.10 Å². The predicted molar refractivity (Wildman–Crippen MR) is 73.7 cm³/mol. The van der Waals surface area contributed by atoms with E-state index in [1.165, 1.54) is 7.11 Å². The number of unbranched alkanes of at least 4 members (excludes halogenated alkanes) is 1. The molecule has 1 amide bonds. The maximum atomic E-state index is 11.9. The minimum absolute atomic E-state index is 0.0359. The highest BCUT2D eigenvalue weighted by Gasteiger charge is 2.28. The molecule has 2 heterocycles. The fourth-order valence-corrected chi connectivity index (χ4v) is 2.23. The fourth-order valence-electron chi connectivity index (χ4n) is 2.23. The second-order valence-electron chi connectivity index (χ2n) is 4.84. The number of carbonyl (C=O) groups excluding carboxylic acids is 1. The Kier molecular flexibility index (Phi) is 5.15. The van der Waals surface area contributed by atoms with Gasteiger partial charge in [-0.2, -0.15) is 0 Å². The summed E-state index contributed by atoms with van der Waals surface area (Å²) >= 11 is 0. The molecule has 6 nitrogen and oxygen atoms in total. The van der Waals surface area contributed by atoms with Gasteiger partial charge in [0, 0.05) is 31.8 Å². The first kappa shape index (κ1) is 14.6. The van der Waals surface area contributed by atoms with Gasteiger partial charge in [-0.15, -0.1) is 0 Å². The first-order valence-corrected chi connectivity index (χ1v) is 7.04. The van der Waals surface area contributed by atoms with Crippen LogP contribution < -0.4 is 9.47 Å². The van der Waals surface area contributed by atoms with Crippen LogP contribution in [0.3, 0.4) is 0 Å². The summed E-state index contributed by atoms with van der Waals surface area (Å²) in [6, 6.07) is 0. The highest BCUT2D eigenvalue weighted by molar-refractivity contribution is 5.76. The fraction of sp³-hybridized carbons (Fsp3) is 0.643. The van der Waals surface area contributed by atoms with Crippen molar-refractivity contribution in [2.75, 3.05) is 20.2 Å². The maximum absolute atomic E-state index is 11.9. The minimum Gasteiger partial charge on any atom is -0.477 e. The zero-order chi connectivity index (χ0) is 14.4. The zero-order valence-corrected chi connectivity index (χ0v) is 12.0. The standard InChI is InChI=1S/C14H21N3O3/c1-3-4-5-12(18)17-9-6-11(10-17)20-14-13(19-2)15-7-8-16-14/h7-8,11H,3-6,9-10H2,1-2H3. The number of methoxy groups -OCH3 is 1. The van der Waals surface area contributed by atoms with Gasteiger partial charge in [-0.1, -0.05) is 13.3 Å². The van der Waals surface area contributed by atoms with Crippen molar-refractivity contribution >= 4 is 5.91 Å². The molecule has 1 aromatic rings. The third-order valence-corrected chi connectivity index (χ3v) is 3.35. The number of hydrogen-bond acceptors (Lipinski definition) is 5. The number of likely N-dealkylation sites (tertiary alicyclic amines) is 1. The van der Waals surface area contributed by atoms with Crippen molar-refractivity contribution < 1.29 is 14.3 Å². The van der Waals surface area contributed by atoms with E-state index in [1.54, 1.807) is 12.4 Å². The van der Waals surface area contributed by atoms with Gasteiger partial charge in [-0.3, -0.25) is 4.79 Å². The van der Waals surface area contributed by atoms with E-state index < -0.39 is 0 Å². The Balaban J connectivity index is 1.88. The van der Waals surface area contributed by atoms with Crippen molar-refractivity contribution in [2.24, 2.45) is 0 Å². The molecule has 1 aliphatic heterocycles. The number of aromatic nitrogens is 2. The van der Waals surface area contributed by atoms with Crippen LogP contribution >= 0.6 is 0 Å². The molecule has 0 spiro atoms. The Morgan fingerprint density at radius 3 is 2.85 bits per heavy atom. The average molecular weight is 279 g/mol. The van der Waals surface area contributed by atoms with E-state index in [0.29, 0.717) is 24.7 Å². The monoisotopic (exact) mass is 279 g/mol. The van der Waals surface area contributed by atoms with Crippen LogP contribution in [0.4, 0.5) is 0 Å². The highest BCUT2D eigenvalue weighted by atomic mass is 16.5. The molecule has 1 aliphatic rings. The Bertz CT molecular complexity index is 453. The lowest BCUT2D eigenvalue weighted by Gasteiger charge is -2.17. The van der Waals surface area contributed by atoms with Crippen molar-refractivity contribution in [3.05, 3.63) is 12.4 Å². The van der Waals surface area contributed by atoms with Crippen molar-refractivity contribution in [1.29, 1.82) is 0 Å². The van der Waals surface area contributed by atoms with Crippen LogP contribution in [-0.2, 0) is 4.79 Å². The minimum atomic E-state index is -0.0359. The molecule has 110 valence electrons. The molecule has 1 saturated heterocycles. The quantitative estimate of drug-likeness (QED) is 0.792. The normalized spacial score (nSPS) is 18.1. The van der Waals surface area contributed by atoms with E-state index in [1.807, 2.05) is 4.90 Å². The topological polar surface area (TPSA) is 64.6 Å². The molecule has 0 N–H and O–H groups in total. The maximum Gasteiger partial charge on any atom is 0.278 e. The summed E-state index contributed by atoms with van der Waals surface area (Å²) in [5.74, 6) is 0.982. The van der Waals surface area contributed by atoms with Gasteiger partial charge in [-0.25, -0.2) is 9.97 Å². The van der Waals surface area contributed by atoms with Gasteiger partial charge in [0.15, 0.2) is 0 Å². The van der Waals surface area contributed by atoms with Crippen LogP contribution in [0.15, 0.2) is 12.4 Å². The molecule has 0 aliphatic carbocycles. The van der Waals surface area contributed by atoms with E-state index in [-0.39, 0.29) is 12.0 Å². The van der Waals surface area contributed by atoms with E-state index in [0.717, 1.165) is 25.8 Å². The number of nitrogens with zero attached hydrogens (tertiary/aromatic N) is 3. The Hall–Kier alpha value is -1.85. The molecular weight excluding hydrogens is 258 g/mol. The van der Waals surface area contributed by atoms with E-state index in [9.17, 15) is 4.79 Å². The van der Waals surface area contributed by atoms with Crippen LogP contribution in [0, 0.1) is 0 Å². The first-order valence-electron chi connectivity index (χ1n) is 7.04. The summed E-state index contributed by atoms with van der Waals surface area (Å²) < 4.78 is 10.9. The van der Waals surface area contributed by atoms with Crippen molar-refractivity contribution in [3.63, 3.8) is 0 Å². The molecule has 1 atom stereocenters. The molecule has 1 unspecified atom stereocenters. The number of rotatable bonds is 6. The molecular formula is C14H21N3O3. The third kappa shape index (κ3) is 3.59. The van der Waals surface area contributed by atoms with Gasteiger partial charge in [0.05, 0.1) is 13.7 Å². The van der Waals surface area contributed by atoms with Gasteiger partial charge in [0.25, 0.3) is 11.8 Å². The van der Waals surface area contributed by atoms with Gasteiger partial charge < -0.3 is 14.4 Å². The number of ether oxygens (including phenoxy) is 2. The lowest BCUT2D eigenvalue weighted by atomic mass is 10.2. The smallest absolute Gasteiger partial charge is 0.278 e. The lowest BCUT2D eigenvalue weighted by molar-refractivity contribution is -0.130. The average Bonchev–Trinajstić information content (AvgIpc) is 2.94. The molecule has 0 bridgehead atoms. The Morgan fingerprint density at radius 2 is 2.15 bits per heavy atom. The van der Waals surface area contributed by atoms with Gasteiger partial charge in [-0.05, 0) is 6.42 Å². The summed E-state index contributed by atoms with van der Waals surface area (Å²) in [5.41, 5.74) is 0. The largest absolute Gasteiger partial charge is 0.477 e. The molecule has 1 fully saturated rings. The second-order valence-corrected chi connectivity index (χ2v) is 4.84. The third-order valence-electron chi connectivity index (χ3n) is 3.35. The van der Waals surface area contributed by atoms with Crippen LogP contribution in [0.2, 0.25) is 0 Å². The van der Waals surface area contributed by atoms with Crippen LogP contribution in [0.5, 0.6) is 11.8 Å². The highest BCUT2D eigenvalue weighted by Crippen LogP contribution is 2.24. The summed E-state index contributed by atoms with van der Waals surface area (Å²) in [6.07, 6.45) is 6.51. The SMILES string of the molecule is CCCCC(=O)N1CCC(Oc2nccnc2OC)C1. The number of amides is 1. The second kappa shape index (κ2) is 7.07. The van der Waals surface area contributed by atoms with Crippen LogP contribution in [-0.4, -0.2) is 47.1 Å². The van der Waals surface area contributed by atoms with E-state index >= 15 is 0 Å². The molecule has 1 aromatic heterocycles. The molecule has 0 saturated carbocycles. The molecule has 20 heavy (non-hydrogen) atoms. The van der Waals surface area contributed by atoms with Crippen LogP contribution in [0.25, 0.3) is 0 Å². The van der Waals surface area contributed by atoms with E-state index in [4.69, 9.17) is 9.47 Å². The van der Waals surface area contributed by atoms with Crippen molar-refractivity contribution in [3.8, 4) is 11.8 Å². The molecule has 6 heteroatoms. The van der Waals surface area contributed by atoms with Gasteiger partial charge in [0.2, 0.25) is 5.91 Å². The summed E-state index contributed by atoms with van der Waals surface area (Å²) in [5, 5.41) is 0. The first-order chi connectivity index (χ1) is 9.74. The predicted octanol–water partition coefficient (Wildman–Crippen LogP) is 1.66. The molecule has 2 rings (SSSR count). The number of carbonyl (C=O) groups is 1. The van der Waals surface area contributed by atoms with Crippen molar-refractivity contribution in [2.45, 2.75) is 38.7 Å². The van der Waals surface area contributed by atoms with Crippen LogP contribution in [0.1, 0.15) is 32.6 Å². The molecule has 0 aromatic carbocycles. The summed E-state index contributed by atoms with van der Waals surface area (Å²) in [7, 11) is 1.53. The Morgan fingerprint density at radius 1 is 1.40 bits per heavy atom. The number of hydrogen-bond donors (Lipinski definition) is 0.